The zero-order valence-corrected chi connectivity index (χ0v) is 11.2. The van der Waals surface area contributed by atoms with Gasteiger partial charge in [-0.15, -0.1) is 0 Å². The molecule has 0 aliphatic carbocycles. The SMILES string of the molecule is CCCC(O)CNC(=O)CCCC(C)(C)C. The van der Waals surface area contributed by atoms with E-state index < -0.39 is 6.10 Å². The Morgan fingerprint density at radius 2 is 2.00 bits per heavy atom. The van der Waals surface area contributed by atoms with E-state index in [1.165, 1.54) is 0 Å². The Balaban J connectivity index is 3.52. The second-order valence-electron chi connectivity index (χ2n) is 5.66. The number of carbonyl (C=O) groups is 1. The Bertz CT molecular complexity index is 197. The molecule has 3 nitrogen and oxygen atoms in total. The summed E-state index contributed by atoms with van der Waals surface area (Å²) in [6.07, 6.45) is 3.84. The maximum Gasteiger partial charge on any atom is 0.220 e. The van der Waals surface area contributed by atoms with Gasteiger partial charge in [-0.1, -0.05) is 34.1 Å². The maximum atomic E-state index is 11.4. The van der Waals surface area contributed by atoms with Crippen LogP contribution in [0.15, 0.2) is 0 Å². The van der Waals surface area contributed by atoms with E-state index in [0.717, 1.165) is 25.7 Å². The number of rotatable bonds is 7. The molecule has 1 amide bonds. The Labute approximate surface area is 99.6 Å². The van der Waals surface area contributed by atoms with Crippen molar-refractivity contribution in [2.45, 2.75) is 65.9 Å². The molecule has 0 aliphatic heterocycles. The number of amides is 1. The minimum atomic E-state index is -0.392. The highest BCUT2D eigenvalue weighted by Crippen LogP contribution is 2.21. The Morgan fingerprint density at radius 1 is 1.38 bits per heavy atom. The van der Waals surface area contributed by atoms with Crippen LogP contribution in [0.25, 0.3) is 0 Å². The summed E-state index contributed by atoms with van der Waals surface area (Å²) in [6, 6.07) is 0. The zero-order valence-electron chi connectivity index (χ0n) is 11.2. The van der Waals surface area contributed by atoms with Crippen LogP contribution in [0.1, 0.15) is 59.8 Å². The molecule has 0 fully saturated rings. The highest BCUT2D eigenvalue weighted by atomic mass is 16.3. The molecular formula is C13H27NO2. The van der Waals surface area contributed by atoms with Gasteiger partial charge >= 0.3 is 0 Å². The van der Waals surface area contributed by atoms with Crippen LogP contribution in [0.5, 0.6) is 0 Å². The number of hydrogen-bond donors (Lipinski definition) is 2. The van der Waals surface area contributed by atoms with Gasteiger partial charge in [0.1, 0.15) is 0 Å². The average Bonchev–Trinajstić information content (AvgIpc) is 2.13. The molecule has 0 radical (unpaired) electrons. The van der Waals surface area contributed by atoms with Gasteiger partial charge in [-0.3, -0.25) is 4.79 Å². The van der Waals surface area contributed by atoms with Gasteiger partial charge in [0.05, 0.1) is 6.10 Å². The van der Waals surface area contributed by atoms with Crippen molar-refractivity contribution >= 4 is 5.91 Å². The van der Waals surface area contributed by atoms with Gasteiger partial charge in [-0.05, 0) is 24.7 Å². The zero-order chi connectivity index (χ0) is 12.6. The third kappa shape index (κ3) is 9.97. The molecule has 2 N–H and O–H groups in total. The van der Waals surface area contributed by atoms with Crippen LogP contribution >= 0.6 is 0 Å². The summed E-state index contributed by atoms with van der Waals surface area (Å²) >= 11 is 0. The van der Waals surface area contributed by atoms with E-state index in [9.17, 15) is 9.90 Å². The van der Waals surface area contributed by atoms with Crippen molar-refractivity contribution in [1.29, 1.82) is 0 Å². The third-order valence-electron chi connectivity index (χ3n) is 2.49. The molecule has 1 unspecified atom stereocenters. The molecule has 3 heteroatoms. The first-order valence-corrected chi connectivity index (χ1v) is 6.30. The number of aliphatic hydroxyl groups is 1. The fourth-order valence-electron chi connectivity index (χ4n) is 1.53. The van der Waals surface area contributed by atoms with Gasteiger partial charge < -0.3 is 10.4 Å². The Morgan fingerprint density at radius 3 is 2.50 bits per heavy atom. The monoisotopic (exact) mass is 229 g/mol. The lowest BCUT2D eigenvalue weighted by Crippen LogP contribution is -2.31. The highest BCUT2D eigenvalue weighted by molar-refractivity contribution is 5.75. The van der Waals surface area contributed by atoms with Crippen LogP contribution in [0.4, 0.5) is 0 Å². The third-order valence-corrected chi connectivity index (χ3v) is 2.49. The summed E-state index contributed by atoms with van der Waals surface area (Å²) < 4.78 is 0. The fourth-order valence-corrected chi connectivity index (χ4v) is 1.53. The molecule has 0 aromatic rings. The standard InChI is InChI=1S/C13H27NO2/c1-5-7-11(15)10-14-12(16)8-6-9-13(2,3)4/h11,15H,5-10H2,1-4H3,(H,14,16). The molecule has 16 heavy (non-hydrogen) atoms. The molecule has 1 atom stereocenters. The lowest BCUT2D eigenvalue weighted by atomic mass is 9.90. The van der Waals surface area contributed by atoms with E-state index in [4.69, 9.17) is 0 Å². The number of hydrogen-bond acceptors (Lipinski definition) is 2. The fraction of sp³-hybridized carbons (Fsp3) is 0.923. The van der Waals surface area contributed by atoms with Crippen LogP contribution in [0.2, 0.25) is 0 Å². The highest BCUT2D eigenvalue weighted by Gasteiger charge is 2.11. The molecule has 0 spiro atoms. The Hall–Kier alpha value is -0.570. The average molecular weight is 229 g/mol. The van der Waals surface area contributed by atoms with E-state index in [1.54, 1.807) is 0 Å². The molecule has 0 saturated carbocycles. The van der Waals surface area contributed by atoms with Crippen LogP contribution in [0, 0.1) is 5.41 Å². The van der Waals surface area contributed by atoms with E-state index in [1.807, 2.05) is 6.92 Å². The van der Waals surface area contributed by atoms with Gasteiger partial charge in [0.2, 0.25) is 5.91 Å². The molecular weight excluding hydrogens is 202 g/mol. The van der Waals surface area contributed by atoms with Crippen LogP contribution in [-0.4, -0.2) is 23.7 Å². The molecule has 0 aromatic heterocycles. The second-order valence-corrected chi connectivity index (χ2v) is 5.66. The van der Waals surface area contributed by atoms with Crippen LogP contribution in [-0.2, 0) is 4.79 Å². The smallest absolute Gasteiger partial charge is 0.220 e. The maximum absolute atomic E-state index is 11.4. The van der Waals surface area contributed by atoms with E-state index in [-0.39, 0.29) is 5.91 Å². The number of aliphatic hydroxyl groups excluding tert-OH is 1. The van der Waals surface area contributed by atoms with Crippen molar-refractivity contribution in [1.82, 2.24) is 5.32 Å². The van der Waals surface area contributed by atoms with Crippen LogP contribution < -0.4 is 5.32 Å². The largest absolute Gasteiger partial charge is 0.391 e. The van der Waals surface area contributed by atoms with Gasteiger partial charge in [-0.2, -0.15) is 0 Å². The van der Waals surface area contributed by atoms with Crippen molar-refractivity contribution in [3.63, 3.8) is 0 Å². The van der Waals surface area contributed by atoms with E-state index in [2.05, 4.69) is 26.1 Å². The number of nitrogens with one attached hydrogen (secondary N) is 1. The summed E-state index contributed by atoms with van der Waals surface area (Å²) in [4.78, 5) is 11.4. The molecule has 0 heterocycles. The summed E-state index contributed by atoms with van der Waals surface area (Å²) in [7, 11) is 0. The molecule has 96 valence electrons. The first-order valence-electron chi connectivity index (χ1n) is 6.30. The van der Waals surface area contributed by atoms with Crippen molar-refractivity contribution < 1.29 is 9.90 Å². The quantitative estimate of drug-likeness (QED) is 0.704. The van der Waals surface area contributed by atoms with Crippen molar-refractivity contribution in [2.75, 3.05) is 6.54 Å². The predicted octanol–water partition coefficient (Wildman–Crippen LogP) is 2.48. The molecule has 0 aromatic carbocycles. The number of carbonyl (C=O) groups excluding carboxylic acids is 1. The first-order chi connectivity index (χ1) is 7.35. The Kier molecular flexibility index (Phi) is 7.39. The first kappa shape index (κ1) is 15.4. The minimum absolute atomic E-state index is 0.0550. The van der Waals surface area contributed by atoms with Crippen molar-refractivity contribution in [3.8, 4) is 0 Å². The lowest BCUT2D eigenvalue weighted by molar-refractivity contribution is -0.121. The summed E-state index contributed by atoms with van der Waals surface area (Å²) in [5.41, 5.74) is 0.294. The second kappa shape index (κ2) is 7.66. The summed E-state index contributed by atoms with van der Waals surface area (Å²) in [6.45, 7) is 8.94. The minimum Gasteiger partial charge on any atom is -0.391 e. The van der Waals surface area contributed by atoms with Crippen LogP contribution in [0.3, 0.4) is 0 Å². The normalized spacial score (nSPS) is 13.6. The summed E-state index contributed by atoms with van der Waals surface area (Å²) in [5, 5.41) is 12.2. The predicted molar refractivity (Wildman–Crippen MR) is 67.2 cm³/mol. The lowest BCUT2D eigenvalue weighted by Gasteiger charge is -2.17. The van der Waals surface area contributed by atoms with Crippen molar-refractivity contribution in [3.05, 3.63) is 0 Å². The molecule has 0 saturated heterocycles. The van der Waals surface area contributed by atoms with Gasteiger partial charge in [-0.25, -0.2) is 0 Å². The van der Waals surface area contributed by atoms with Gasteiger partial charge in [0.25, 0.3) is 0 Å². The van der Waals surface area contributed by atoms with Crippen molar-refractivity contribution in [2.24, 2.45) is 5.41 Å². The topological polar surface area (TPSA) is 49.3 Å². The molecule has 0 bridgehead atoms. The summed E-state index contributed by atoms with van der Waals surface area (Å²) in [5.74, 6) is 0.0550. The van der Waals surface area contributed by atoms with Gasteiger partial charge in [0, 0.05) is 13.0 Å². The van der Waals surface area contributed by atoms with E-state index >= 15 is 0 Å². The van der Waals surface area contributed by atoms with Gasteiger partial charge in [0.15, 0.2) is 0 Å². The van der Waals surface area contributed by atoms with E-state index in [0.29, 0.717) is 18.4 Å². The molecule has 0 rings (SSSR count). The molecule has 0 aliphatic rings.